The van der Waals surface area contributed by atoms with Gasteiger partial charge in [0.2, 0.25) is 0 Å². The third-order valence-corrected chi connectivity index (χ3v) is 3.13. The number of halogens is 2. The van der Waals surface area contributed by atoms with Gasteiger partial charge in [0.25, 0.3) is 6.43 Å². The molecular formula is C11H21F2NO2. The van der Waals surface area contributed by atoms with Crippen molar-refractivity contribution >= 4 is 0 Å². The monoisotopic (exact) mass is 237 g/mol. The first-order valence-electron chi connectivity index (χ1n) is 5.93. The average molecular weight is 237 g/mol. The van der Waals surface area contributed by atoms with Gasteiger partial charge in [-0.25, -0.2) is 8.78 Å². The van der Waals surface area contributed by atoms with Crippen LogP contribution in [0.3, 0.4) is 0 Å². The number of aliphatic hydroxyl groups is 2. The van der Waals surface area contributed by atoms with Crippen LogP contribution in [0.5, 0.6) is 0 Å². The van der Waals surface area contributed by atoms with Gasteiger partial charge in [-0.3, -0.25) is 0 Å². The summed E-state index contributed by atoms with van der Waals surface area (Å²) < 4.78 is 24.0. The van der Waals surface area contributed by atoms with Crippen LogP contribution in [0.2, 0.25) is 0 Å². The van der Waals surface area contributed by atoms with Gasteiger partial charge in [0, 0.05) is 13.1 Å². The van der Waals surface area contributed by atoms with Gasteiger partial charge in [-0.15, -0.1) is 0 Å². The van der Waals surface area contributed by atoms with Crippen molar-refractivity contribution in [3.63, 3.8) is 0 Å². The largest absolute Gasteiger partial charge is 0.389 e. The second kappa shape index (κ2) is 6.47. The zero-order valence-corrected chi connectivity index (χ0v) is 9.46. The molecule has 0 aromatic carbocycles. The first-order chi connectivity index (χ1) is 7.53. The van der Waals surface area contributed by atoms with Crippen molar-refractivity contribution in [2.75, 3.05) is 13.1 Å². The highest BCUT2D eigenvalue weighted by Crippen LogP contribution is 2.26. The molecule has 0 spiro atoms. The summed E-state index contributed by atoms with van der Waals surface area (Å²) in [5, 5.41) is 21.8. The predicted octanol–water partition coefficient (Wildman–Crippen LogP) is 1.29. The van der Waals surface area contributed by atoms with E-state index in [0.717, 1.165) is 25.7 Å². The number of hydrogen-bond donors (Lipinski definition) is 3. The molecule has 0 saturated heterocycles. The zero-order chi connectivity index (χ0) is 12.0. The lowest BCUT2D eigenvalue weighted by Crippen LogP contribution is -2.43. The molecule has 1 aliphatic carbocycles. The first kappa shape index (κ1) is 13.8. The maximum absolute atomic E-state index is 12.0. The number of hydrogen-bond acceptors (Lipinski definition) is 3. The van der Waals surface area contributed by atoms with Gasteiger partial charge in [-0.1, -0.05) is 25.7 Å². The molecule has 3 nitrogen and oxygen atoms in total. The van der Waals surface area contributed by atoms with Crippen molar-refractivity contribution in [3.05, 3.63) is 0 Å². The van der Waals surface area contributed by atoms with E-state index >= 15 is 0 Å². The van der Waals surface area contributed by atoms with Crippen molar-refractivity contribution in [1.29, 1.82) is 0 Å². The molecule has 3 N–H and O–H groups in total. The number of aliphatic hydroxyl groups excluding tert-OH is 1. The number of alkyl halides is 2. The third-order valence-electron chi connectivity index (χ3n) is 3.13. The van der Waals surface area contributed by atoms with Crippen molar-refractivity contribution < 1.29 is 19.0 Å². The fraction of sp³-hybridized carbons (Fsp3) is 1.00. The molecule has 0 heterocycles. The van der Waals surface area contributed by atoms with Crippen LogP contribution < -0.4 is 5.32 Å². The summed E-state index contributed by atoms with van der Waals surface area (Å²) >= 11 is 0. The second-order valence-electron chi connectivity index (χ2n) is 4.67. The molecule has 1 aliphatic rings. The van der Waals surface area contributed by atoms with Crippen LogP contribution in [0, 0.1) is 0 Å². The summed E-state index contributed by atoms with van der Waals surface area (Å²) in [5.41, 5.74) is -0.779. The van der Waals surface area contributed by atoms with Crippen molar-refractivity contribution in [3.8, 4) is 0 Å². The van der Waals surface area contributed by atoms with Crippen LogP contribution in [0.25, 0.3) is 0 Å². The Labute approximate surface area is 94.9 Å². The molecule has 0 aromatic heterocycles. The molecule has 1 unspecified atom stereocenters. The van der Waals surface area contributed by atoms with Crippen LogP contribution in [0.1, 0.15) is 38.5 Å². The SMILES string of the molecule is OC(CNCC1(O)CCCCCC1)C(F)F. The molecule has 1 atom stereocenters. The molecule has 0 aliphatic heterocycles. The highest BCUT2D eigenvalue weighted by molar-refractivity contribution is 4.83. The summed E-state index contributed by atoms with van der Waals surface area (Å²) in [7, 11) is 0. The maximum Gasteiger partial charge on any atom is 0.265 e. The lowest BCUT2D eigenvalue weighted by atomic mass is 9.94. The van der Waals surface area contributed by atoms with Crippen LogP contribution >= 0.6 is 0 Å². The fourth-order valence-electron chi connectivity index (χ4n) is 2.11. The van der Waals surface area contributed by atoms with Crippen molar-refractivity contribution in [2.24, 2.45) is 0 Å². The Balaban J connectivity index is 2.24. The molecule has 0 amide bonds. The highest BCUT2D eigenvalue weighted by atomic mass is 19.3. The molecule has 96 valence electrons. The van der Waals surface area contributed by atoms with E-state index in [2.05, 4.69) is 5.32 Å². The van der Waals surface area contributed by atoms with Crippen LogP contribution in [0.4, 0.5) is 8.78 Å². The van der Waals surface area contributed by atoms with Gasteiger partial charge < -0.3 is 15.5 Å². The number of nitrogens with one attached hydrogen (secondary N) is 1. The topological polar surface area (TPSA) is 52.5 Å². The first-order valence-corrected chi connectivity index (χ1v) is 5.93. The van der Waals surface area contributed by atoms with E-state index in [1.165, 1.54) is 0 Å². The summed E-state index contributed by atoms with van der Waals surface area (Å²) in [6, 6.07) is 0. The molecular weight excluding hydrogens is 216 g/mol. The highest BCUT2D eigenvalue weighted by Gasteiger charge is 2.28. The van der Waals surface area contributed by atoms with Gasteiger partial charge >= 0.3 is 0 Å². The van der Waals surface area contributed by atoms with E-state index in [0.29, 0.717) is 12.8 Å². The summed E-state index contributed by atoms with van der Waals surface area (Å²) in [6.07, 6.45) is 1.27. The van der Waals surface area contributed by atoms with Crippen molar-refractivity contribution in [1.82, 2.24) is 5.32 Å². The number of rotatable bonds is 5. The molecule has 0 radical (unpaired) electrons. The van der Waals surface area contributed by atoms with Gasteiger partial charge in [-0.2, -0.15) is 0 Å². The van der Waals surface area contributed by atoms with E-state index in [-0.39, 0.29) is 13.1 Å². The van der Waals surface area contributed by atoms with Gasteiger partial charge in [0.15, 0.2) is 0 Å². The quantitative estimate of drug-likeness (QED) is 0.631. The smallest absolute Gasteiger partial charge is 0.265 e. The molecule has 5 heteroatoms. The Morgan fingerprint density at radius 2 is 1.69 bits per heavy atom. The van der Waals surface area contributed by atoms with Crippen LogP contribution in [0.15, 0.2) is 0 Å². The maximum atomic E-state index is 12.0. The Bertz CT molecular complexity index is 194. The van der Waals surface area contributed by atoms with E-state index in [1.54, 1.807) is 0 Å². The minimum Gasteiger partial charge on any atom is -0.389 e. The molecule has 1 saturated carbocycles. The summed E-state index contributed by atoms with van der Waals surface area (Å²) in [5.74, 6) is 0. The molecule has 16 heavy (non-hydrogen) atoms. The Morgan fingerprint density at radius 1 is 1.12 bits per heavy atom. The Kier molecular flexibility index (Phi) is 5.58. The standard InChI is InChI=1S/C11H21F2NO2/c12-10(13)9(15)7-14-8-11(16)5-3-1-2-4-6-11/h9-10,14-16H,1-8H2. The Morgan fingerprint density at radius 3 is 2.19 bits per heavy atom. The van der Waals surface area contributed by atoms with Gasteiger partial charge in [-0.05, 0) is 12.8 Å². The van der Waals surface area contributed by atoms with Crippen LogP contribution in [-0.2, 0) is 0 Å². The predicted molar refractivity (Wildman–Crippen MR) is 57.5 cm³/mol. The summed E-state index contributed by atoms with van der Waals surface area (Å²) in [4.78, 5) is 0. The molecule has 1 rings (SSSR count). The lowest BCUT2D eigenvalue weighted by molar-refractivity contribution is -0.0128. The lowest BCUT2D eigenvalue weighted by Gasteiger charge is -2.27. The summed E-state index contributed by atoms with van der Waals surface area (Å²) in [6.45, 7) is 0.122. The minimum atomic E-state index is -2.73. The second-order valence-corrected chi connectivity index (χ2v) is 4.67. The van der Waals surface area contributed by atoms with E-state index in [1.807, 2.05) is 0 Å². The van der Waals surface area contributed by atoms with Gasteiger partial charge in [0.05, 0.1) is 5.60 Å². The molecule has 0 aromatic rings. The van der Waals surface area contributed by atoms with Gasteiger partial charge in [0.1, 0.15) is 6.10 Å². The van der Waals surface area contributed by atoms with Crippen molar-refractivity contribution in [2.45, 2.75) is 56.7 Å². The van der Waals surface area contributed by atoms with E-state index in [9.17, 15) is 13.9 Å². The third kappa shape index (κ3) is 4.72. The minimum absolute atomic E-state index is 0.167. The Hall–Kier alpha value is -0.260. The zero-order valence-electron chi connectivity index (χ0n) is 9.46. The van der Waals surface area contributed by atoms with E-state index < -0.39 is 18.1 Å². The molecule has 0 bridgehead atoms. The van der Waals surface area contributed by atoms with Crippen LogP contribution in [-0.4, -0.2) is 41.4 Å². The average Bonchev–Trinajstić information content (AvgIpc) is 2.43. The van der Waals surface area contributed by atoms with E-state index in [4.69, 9.17) is 5.11 Å². The molecule has 1 fully saturated rings. The fourth-order valence-corrected chi connectivity index (χ4v) is 2.11. The normalized spacial score (nSPS) is 23.1.